The number of rotatable bonds is 7. The van der Waals surface area contributed by atoms with Gasteiger partial charge in [-0.1, -0.05) is 72.8 Å². The third-order valence-corrected chi connectivity index (χ3v) is 10.3. The van der Waals surface area contributed by atoms with Gasteiger partial charge in [-0.05, 0) is 78.8 Å². The van der Waals surface area contributed by atoms with Crippen LogP contribution in [0.25, 0.3) is 37.1 Å². The molecule has 8 rings (SSSR count). The van der Waals surface area contributed by atoms with Gasteiger partial charge in [0.05, 0.1) is 0 Å². The number of amides is 1. The minimum Gasteiger partial charge on any atom is -0.372 e. The molecule has 222 valence electrons. The van der Waals surface area contributed by atoms with Gasteiger partial charge in [0.2, 0.25) is 0 Å². The van der Waals surface area contributed by atoms with Crippen molar-refractivity contribution in [1.29, 1.82) is 0 Å². The van der Waals surface area contributed by atoms with Crippen LogP contribution in [-0.2, 0) is 13.0 Å². The zero-order valence-corrected chi connectivity index (χ0v) is 25.8. The van der Waals surface area contributed by atoms with E-state index in [4.69, 9.17) is 4.98 Å². The molecule has 45 heavy (non-hydrogen) atoms. The monoisotopic (exact) mass is 606 g/mol. The number of piperidine rings is 1. The lowest BCUT2D eigenvalue weighted by Crippen LogP contribution is -2.34. The van der Waals surface area contributed by atoms with Crippen LogP contribution < -0.4 is 10.2 Å². The number of thiophene rings is 1. The highest BCUT2D eigenvalue weighted by atomic mass is 32.1. The topological polar surface area (TPSA) is 49.6 Å². The summed E-state index contributed by atoms with van der Waals surface area (Å²) < 4.78 is 4.39. The van der Waals surface area contributed by atoms with Gasteiger partial charge in [-0.2, -0.15) is 0 Å². The number of benzene rings is 4. The summed E-state index contributed by atoms with van der Waals surface area (Å²) in [7, 11) is 0. The molecule has 4 heterocycles. The van der Waals surface area contributed by atoms with Crippen LogP contribution in [0.3, 0.4) is 0 Å². The van der Waals surface area contributed by atoms with Crippen molar-refractivity contribution in [2.24, 2.45) is 5.92 Å². The molecule has 6 heteroatoms. The van der Waals surface area contributed by atoms with Gasteiger partial charge < -0.3 is 10.2 Å². The molecule has 7 aromatic rings. The summed E-state index contributed by atoms with van der Waals surface area (Å²) in [6.45, 7) is 2.61. The molecule has 0 saturated carbocycles. The number of hydrogen-bond donors (Lipinski definition) is 1. The van der Waals surface area contributed by atoms with E-state index in [0.717, 1.165) is 35.8 Å². The van der Waals surface area contributed by atoms with Crippen LogP contribution in [0.2, 0.25) is 0 Å². The number of imidazole rings is 1. The van der Waals surface area contributed by atoms with Crippen molar-refractivity contribution in [3.63, 3.8) is 0 Å². The predicted molar refractivity (Wildman–Crippen MR) is 186 cm³/mol. The first kappa shape index (κ1) is 27.6. The van der Waals surface area contributed by atoms with E-state index >= 15 is 0 Å². The van der Waals surface area contributed by atoms with Crippen molar-refractivity contribution in [2.75, 3.05) is 18.0 Å². The van der Waals surface area contributed by atoms with E-state index in [-0.39, 0.29) is 5.91 Å². The molecule has 4 aromatic carbocycles. The van der Waals surface area contributed by atoms with Gasteiger partial charge in [-0.15, -0.1) is 11.3 Å². The molecule has 3 aromatic heterocycles. The van der Waals surface area contributed by atoms with E-state index in [0.29, 0.717) is 17.9 Å². The quantitative estimate of drug-likeness (QED) is 0.197. The third kappa shape index (κ3) is 5.47. The Balaban J connectivity index is 0.978. The van der Waals surface area contributed by atoms with Crippen molar-refractivity contribution in [2.45, 2.75) is 25.8 Å². The maximum atomic E-state index is 13.8. The van der Waals surface area contributed by atoms with Gasteiger partial charge in [0.15, 0.2) is 0 Å². The minimum atomic E-state index is -0.136. The van der Waals surface area contributed by atoms with Crippen LogP contribution in [0.4, 0.5) is 5.69 Å². The van der Waals surface area contributed by atoms with Crippen molar-refractivity contribution in [1.82, 2.24) is 14.7 Å². The molecule has 1 aliphatic heterocycles. The van der Waals surface area contributed by atoms with E-state index in [1.165, 1.54) is 50.7 Å². The van der Waals surface area contributed by atoms with Crippen LogP contribution in [0, 0.1) is 5.92 Å². The zero-order valence-electron chi connectivity index (χ0n) is 25.0. The molecule has 1 N–H and O–H groups in total. The lowest BCUT2D eigenvalue weighted by Gasteiger charge is -2.33. The first-order valence-electron chi connectivity index (χ1n) is 15.7. The standard InChI is InChI=1S/C39H34N4OS/c44-39(40-26-29-13-16-31(17-14-29)42-22-19-28(20-23-42)24-27-8-2-1-3-9-27)38-37(41-36-12-6-7-21-43(36)38)30-15-18-35-33(25-30)32-10-4-5-11-34(32)45-35/h1-18,21,25,28H,19-20,22-24,26H2,(H,40,44). The lowest BCUT2D eigenvalue weighted by molar-refractivity contribution is 0.0945. The van der Waals surface area contributed by atoms with Crippen LogP contribution in [0.1, 0.15) is 34.5 Å². The Morgan fingerprint density at radius 3 is 2.38 bits per heavy atom. The molecule has 0 atom stereocenters. The fourth-order valence-electron chi connectivity index (χ4n) is 6.72. The van der Waals surface area contributed by atoms with Crippen molar-refractivity contribution < 1.29 is 4.79 Å². The molecular weight excluding hydrogens is 573 g/mol. The molecule has 0 bridgehead atoms. The summed E-state index contributed by atoms with van der Waals surface area (Å²) in [5, 5.41) is 5.60. The molecular formula is C39H34N4OS. The summed E-state index contributed by atoms with van der Waals surface area (Å²) in [4.78, 5) is 21.2. The molecule has 0 unspecified atom stereocenters. The number of hydrogen-bond acceptors (Lipinski definition) is 4. The maximum absolute atomic E-state index is 13.8. The Morgan fingerprint density at radius 1 is 0.778 bits per heavy atom. The van der Waals surface area contributed by atoms with Crippen molar-refractivity contribution in [3.8, 4) is 11.3 Å². The number of anilines is 1. The molecule has 0 radical (unpaired) electrons. The van der Waals surface area contributed by atoms with Crippen LogP contribution in [0.15, 0.2) is 121 Å². The summed E-state index contributed by atoms with van der Waals surface area (Å²) in [6, 6.07) is 40.2. The molecule has 1 amide bonds. The Bertz CT molecular complexity index is 2120. The molecule has 0 spiro atoms. The number of carbonyl (C=O) groups is 1. The SMILES string of the molecule is O=C(NCc1ccc(N2CCC(Cc3ccccc3)CC2)cc1)c1c(-c2ccc3sc4ccccc4c3c2)nc2ccccn12. The summed E-state index contributed by atoms with van der Waals surface area (Å²) in [5.41, 5.74) is 6.72. The van der Waals surface area contributed by atoms with Gasteiger partial charge >= 0.3 is 0 Å². The number of pyridine rings is 1. The molecule has 1 saturated heterocycles. The average molecular weight is 607 g/mol. The van der Waals surface area contributed by atoms with Crippen LogP contribution in [0.5, 0.6) is 0 Å². The molecule has 1 fully saturated rings. The maximum Gasteiger partial charge on any atom is 0.270 e. The second-order valence-corrected chi connectivity index (χ2v) is 13.1. The van der Waals surface area contributed by atoms with Gasteiger partial charge in [0.25, 0.3) is 5.91 Å². The Kier molecular flexibility index (Phi) is 7.28. The number of nitrogens with one attached hydrogen (secondary N) is 1. The average Bonchev–Trinajstić information content (AvgIpc) is 3.67. The van der Waals surface area contributed by atoms with Gasteiger partial charge in [0, 0.05) is 57.3 Å². The smallest absolute Gasteiger partial charge is 0.270 e. The lowest BCUT2D eigenvalue weighted by atomic mass is 9.90. The Hall–Kier alpha value is -4.94. The molecule has 0 aliphatic carbocycles. The fourth-order valence-corrected chi connectivity index (χ4v) is 7.81. The normalized spacial score (nSPS) is 14.0. The van der Waals surface area contributed by atoms with E-state index in [2.05, 4.69) is 107 Å². The molecule has 1 aliphatic rings. The second-order valence-electron chi connectivity index (χ2n) is 12.0. The highest BCUT2D eigenvalue weighted by Gasteiger charge is 2.22. The first-order valence-corrected chi connectivity index (χ1v) is 16.6. The number of carbonyl (C=O) groups excluding carboxylic acids is 1. The van der Waals surface area contributed by atoms with Crippen molar-refractivity contribution >= 4 is 48.8 Å². The number of aromatic nitrogens is 2. The zero-order chi connectivity index (χ0) is 30.2. The van der Waals surface area contributed by atoms with Crippen molar-refractivity contribution in [3.05, 3.63) is 138 Å². The predicted octanol–water partition coefficient (Wildman–Crippen LogP) is 8.76. The third-order valence-electron chi connectivity index (χ3n) is 9.13. The largest absolute Gasteiger partial charge is 0.372 e. The van der Waals surface area contributed by atoms with Gasteiger partial charge in [-0.3, -0.25) is 9.20 Å². The summed E-state index contributed by atoms with van der Waals surface area (Å²) in [6.07, 6.45) is 5.51. The first-order chi connectivity index (χ1) is 22.2. The van der Waals surface area contributed by atoms with E-state index in [1.807, 2.05) is 28.8 Å². The summed E-state index contributed by atoms with van der Waals surface area (Å²) in [5.74, 6) is 0.609. The van der Waals surface area contributed by atoms with E-state index in [1.54, 1.807) is 11.3 Å². The van der Waals surface area contributed by atoms with Gasteiger partial charge in [0.1, 0.15) is 17.0 Å². The highest BCUT2D eigenvalue weighted by molar-refractivity contribution is 7.25. The van der Waals surface area contributed by atoms with Crippen LogP contribution >= 0.6 is 11.3 Å². The van der Waals surface area contributed by atoms with Crippen LogP contribution in [-0.4, -0.2) is 28.4 Å². The molecule has 5 nitrogen and oxygen atoms in total. The van der Waals surface area contributed by atoms with Gasteiger partial charge in [-0.25, -0.2) is 4.98 Å². The fraction of sp³-hybridized carbons (Fsp3) is 0.179. The Labute approximate surface area is 266 Å². The summed E-state index contributed by atoms with van der Waals surface area (Å²) >= 11 is 1.79. The van der Waals surface area contributed by atoms with E-state index < -0.39 is 0 Å². The number of fused-ring (bicyclic) bond motifs is 4. The highest BCUT2D eigenvalue weighted by Crippen LogP contribution is 2.37. The number of nitrogens with zero attached hydrogens (tertiary/aromatic N) is 3. The minimum absolute atomic E-state index is 0.136. The van der Waals surface area contributed by atoms with E-state index in [9.17, 15) is 4.79 Å². The Morgan fingerprint density at radius 2 is 1.53 bits per heavy atom. The second kappa shape index (κ2) is 11.9.